The minimum atomic E-state index is -0.653. The van der Waals surface area contributed by atoms with Crippen LogP contribution in [0.3, 0.4) is 0 Å². The number of esters is 1. The molecule has 1 aliphatic heterocycles. The Morgan fingerprint density at radius 1 is 1.25 bits per heavy atom. The van der Waals surface area contributed by atoms with Crippen LogP contribution in [0.1, 0.15) is 57.2 Å². The number of rotatable bonds is 4. The van der Waals surface area contributed by atoms with Gasteiger partial charge in [-0.2, -0.15) is 0 Å². The van der Waals surface area contributed by atoms with Crippen molar-refractivity contribution in [1.29, 1.82) is 0 Å². The zero-order chi connectivity index (χ0) is 20.2. The highest BCUT2D eigenvalue weighted by Crippen LogP contribution is 2.45. The Morgan fingerprint density at radius 3 is 2.68 bits per heavy atom. The molecule has 2 aliphatic rings. The van der Waals surface area contributed by atoms with Gasteiger partial charge in [-0.05, 0) is 64.8 Å². The molecule has 0 bridgehead atoms. The minimum Gasteiger partial charge on any atom is -0.460 e. The molecule has 1 aromatic heterocycles. The molecule has 1 N–H and O–H groups in total. The van der Waals surface area contributed by atoms with Gasteiger partial charge in [-0.1, -0.05) is 12.1 Å². The third kappa shape index (κ3) is 3.15. The number of piperidine rings is 1. The van der Waals surface area contributed by atoms with E-state index in [1.165, 1.54) is 22.0 Å². The first-order valence-corrected chi connectivity index (χ1v) is 10.5. The predicted octanol–water partition coefficient (Wildman–Crippen LogP) is 3.49. The Kier molecular flexibility index (Phi) is 5.00. The van der Waals surface area contributed by atoms with Crippen molar-refractivity contribution in [1.82, 2.24) is 9.47 Å². The largest absolute Gasteiger partial charge is 0.460 e. The van der Waals surface area contributed by atoms with Crippen molar-refractivity contribution in [2.24, 2.45) is 5.92 Å². The fraction of sp³-hybridized carbons (Fsp3) is 0.609. The van der Waals surface area contributed by atoms with E-state index in [9.17, 15) is 9.90 Å². The van der Waals surface area contributed by atoms with Crippen LogP contribution in [0.25, 0.3) is 10.9 Å². The van der Waals surface area contributed by atoms with Gasteiger partial charge in [0.2, 0.25) is 0 Å². The number of fused-ring (bicyclic) bond motifs is 2. The van der Waals surface area contributed by atoms with Crippen molar-refractivity contribution < 1.29 is 14.6 Å². The van der Waals surface area contributed by atoms with E-state index in [1.54, 1.807) is 13.8 Å². The van der Waals surface area contributed by atoms with E-state index in [2.05, 4.69) is 54.8 Å². The summed E-state index contributed by atoms with van der Waals surface area (Å²) in [7, 11) is 2.12. The van der Waals surface area contributed by atoms with Crippen molar-refractivity contribution in [3.8, 4) is 0 Å². The monoisotopic (exact) mass is 384 g/mol. The lowest BCUT2D eigenvalue weighted by Crippen LogP contribution is -2.50. The number of ether oxygens (including phenoxy) is 1. The molecule has 0 spiro atoms. The fourth-order valence-electron chi connectivity index (χ4n) is 5.05. The molecule has 1 saturated heterocycles. The highest BCUT2D eigenvalue weighted by Gasteiger charge is 2.42. The topological polar surface area (TPSA) is 54.7 Å². The molecule has 1 aromatic carbocycles. The Balaban J connectivity index is 1.67. The van der Waals surface area contributed by atoms with Gasteiger partial charge < -0.3 is 19.3 Å². The molecule has 152 valence electrons. The fourth-order valence-corrected chi connectivity index (χ4v) is 5.05. The van der Waals surface area contributed by atoms with Gasteiger partial charge >= 0.3 is 5.97 Å². The Hall–Kier alpha value is -1.85. The summed E-state index contributed by atoms with van der Waals surface area (Å²) < 4.78 is 7.91. The number of hydrogen-bond acceptors (Lipinski definition) is 4. The number of likely N-dealkylation sites (N-methyl/N-ethyl adjacent to an activating group) is 1. The zero-order valence-corrected chi connectivity index (χ0v) is 17.6. The van der Waals surface area contributed by atoms with E-state index < -0.39 is 12.2 Å². The number of aromatic nitrogens is 1. The van der Waals surface area contributed by atoms with Crippen LogP contribution >= 0.6 is 0 Å². The first-order chi connectivity index (χ1) is 13.3. The molecule has 0 amide bonds. The molecular weight excluding hydrogens is 352 g/mol. The summed E-state index contributed by atoms with van der Waals surface area (Å²) in [5.74, 6) is -0.00904. The molecule has 4 rings (SSSR count). The maximum atomic E-state index is 12.8. The second-order valence-corrected chi connectivity index (χ2v) is 9.03. The Morgan fingerprint density at radius 2 is 2.00 bits per heavy atom. The van der Waals surface area contributed by atoms with E-state index in [-0.39, 0.29) is 11.9 Å². The third-order valence-electron chi connectivity index (χ3n) is 6.75. The normalized spacial score (nSPS) is 26.9. The number of nitrogens with zero attached hydrogens (tertiary/aromatic N) is 2. The molecule has 2 aromatic rings. The van der Waals surface area contributed by atoms with Gasteiger partial charge in [-0.15, -0.1) is 0 Å². The van der Waals surface area contributed by atoms with Gasteiger partial charge in [0.25, 0.3) is 0 Å². The average Bonchev–Trinajstić information content (AvgIpc) is 3.02. The summed E-state index contributed by atoms with van der Waals surface area (Å²) in [4.78, 5) is 15.1. The van der Waals surface area contributed by atoms with Gasteiger partial charge in [0.05, 0.1) is 12.0 Å². The lowest BCUT2D eigenvalue weighted by atomic mass is 9.72. The van der Waals surface area contributed by atoms with Crippen molar-refractivity contribution in [3.63, 3.8) is 0 Å². The van der Waals surface area contributed by atoms with Crippen molar-refractivity contribution >= 4 is 16.9 Å². The van der Waals surface area contributed by atoms with Gasteiger partial charge in [0.1, 0.15) is 6.10 Å². The van der Waals surface area contributed by atoms with Crippen LogP contribution in [0.5, 0.6) is 0 Å². The van der Waals surface area contributed by atoms with Crippen LogP contribution in [-0.4, -0.2) is 52.4 Å². The highest BCUT2D eigenvalue weighted by molar-refractivity contribution is 5.89. The minimum absolute atomic E-state index is 0.156. The van der Waals surface area contributed by atoms with Crippen molar-refractivity contribution in [2.75, 3.05) is 13.6 Å². The molecule has 1 fully saturated rings. The lowest BCUT2D eigenvalue weighted by molar-refractivity contribution is -0.160. The summed E-state index contributed by atoms with van der Waals surface area (Å²) in [6, 6.07) is 7.45. The van der Waals surface area contributed by atoms with Gasteiger partial charge in [0.15, 0.2) is 0 Å². The number of aliphatic hydroxyl groups is 1. The number of benzene rings is 1. The van der Waals surface area contributed by atoms with Crippen LogP contribution in [0.2, 0.25) is 0 Å². The molecule has 28 heavy (non-hydrogen) atoms. The first-order valence-electron chi connectivity index (χ1n) is 10.5. The Labute approximate surface area is 167 Å². The van der Waals surface area contributed by atoms with Crippen LogP contribution in [0.4, 0.5) is 0 Å². The van der Waals surface area contributed by atoms with Gasteiger partial charge in [-0.3, -0.25) is 4.79 Å². The number of carbonyl (C=O) groups excluding carboxylic acids is 1. The zero-order valence-electron chi connectivity index (χ0n) is 17.6. The first kappa shape index (κ1) is 19.5. The lowest BCUT2D eigenvalue weighted by Gasteiger charge is -2.45. The predicted molar refractivity (Wildman–Crippen MR) is 111 cm³/mol. The van der Waals surface area contributed by atoms with E-state index in [4.69, 9.17) is 4.74 Å². The summed E-state index contributed by atoms with van der Waals surface area (Å²) in [6.45, 7) is 8.57. The highest BCUT2D eigenvalue weighted by atomic mass is 16.6. The van der Waals surface area contributed by atoms with Gasteiger partial charge in [0, 0.05) is 41.6 Å². The molecule has 0 radical (unpaired) electrons. The smallest absolute Gasteiger partial charge is 0.310 e. The maximum Gasteiger partial charge on any atom is 0.310 e. The summed E-state index contributed by atoms with van der Waals surface area (Å²) in [5, 5.41) is 11.1. The summed E-state index contributed by atoms with van der Waals surface area (Å²) >= 11 is 0. The molecular formula is C23H32N2O3. The van der Waals surface area contributed by atoms with Crippen molar-refractivity contribution in [2.45, 2.75) is 70.7 Å². The second kappa shape index (κ2) is 7.20. The summed E-state index contributed by atoms with van der Waals surface area (Å²) in [5.41, 5.74) is 4.10. The third-order valence-corrected chi connectivity index (χ3v) is 6.75. The van der Waals surface area contributed by atoms with Crippen LogP contribution < -0.4 is 0 Å². The molecule has 2 heterocycles. The van der Waals surface area contributed by atoms with Crippen molar-refractivity contribution in [3.05, 3.63) is 35.5 Å². The number of likely N-dealkylation sites (tertiary alicyclic amines) is 1. The van der Waals surface area contributed by atoms with E-state index in [0.29, 0.717) is 24.5 Å². The SMILES string of the molecule is CC(O)C(C)OC(=O)[C@H]1C[C@@H]2c3cccc4c3c(cn4C(C)C)C[C@H]2N(C)C1. The average molecular weight is 385 g/mol. The van der Waals surface area contributed by atoms with E-state index in [1.807, 2.05) is 0 Å². The molecule has 1 aliphatic carbocycles. The number of hydrogen-bond donors (Lipinski definition) is 1. The second-order valence-electron chi connectivity index (χ2n) is 9.03. The number of aliphatic hydroxyl groups excluding tert-OH is 1. The van der Waals surface area contributed by atoms with Crippen LogP contribution in [0.15, 0.2) is 24.4 Å². The van der Waals surface area contributed by atoms with Crippen LogP contribution in [-0.2, 0) is 16.0 Å². The Bertz CT molecular complexity index is 885. The van der Waals surface area contributed by atoms with E-state index >= 15 is 0 Å². The van der Waals surface area contributed by atoms with Crippen LogP contribution in [0, 0.1) is 5.92 Å². The molecule has 0 saturated carbocycles. The molecule has 5 heteroatoms. The summed E-state index contributed by atoms with van der Waals surface area (Å²) in [6.07, 6.45) is 3.04. The quantitative estimate of drug-likeness (QED) is 0.820. The van der Waals surface area contributed by atoms with Gasteiger partial charge in [-0.25, -0.2) is 0 Å². The number of carbonyl (C=O) groups is 1. The molecule has 5 nitrogen and oxygen atoms in total. The maximum absolute atomic E-state index is 12.8. The standard InChI is InChI=1S/C23H32N2O3/c1-13(2)25-12-16-10-21-19(18-7-6-8-20(25)22(16)18)9-17(11-24(21)5)23(27)28-15(4)14(3)26/h6-8,12-15,17,19,21,26H,9-11H2,1-5H3/t14?,15?,17-,19+,21+/m0/s1. The molecule has 5 atom stereocenters. The molecule has 2 unspecified atom stereocenters. The van der Waals surface area contributed by atoms with E-state index in [0.717, 1.165) is 12.8 Å².